The molecule has 0 aromatic heterocycles. The second kappa shape index (κ2) is 5.74. The van der Waals surface area contributed by atoms with Gasteiger partial charge in [-0.1, -0.05) is 0 Å². The van der Waals surface area contributed by atoms with E-state index >= 15 is 0 Å². The molecule has 0 fully saturated rings. The minimum absolute atomic E-state index is 0. The molecule has 0 radical (unpaired) electrons. The molecule has 0 spiro atoms. The second-order valence-electron chi connectivity index (χ2n) is 0.669. The first-order valence-corrected chi connectivity index (χ1v) is 2.64. The van der Waals surface area contributed by atoms with E-state index in [-0.39, 0.29) is 51.4 Å². The van der Waals surface area contributed by atoms with Gasteiger partial charge in [0.15, 0.2) is 0 Å². The van der Waals surface area contributed by atoms with E-state index < -0.39 is 16.9 Å². The van der Waals surface area contributed by atoms with Gasteiger partial charge >= 0.3 is 68.3 Å². The van der Waals surface area contributed by atoms with Gasteiger partial charge in [-0.15, -0.1) is 0 Å². The number of carbonyl (C=O) groups is 1. The average molecular weight is 180 g/mol. The summed E-state index contributed by atoms with van der Waals surface area (Å²) in [5, 5.41) is 8.97. The van der Waals surface area contributed by atoms with Crippen LogP contribution >= 0.6 is 0 Å². The third-order valence-corrected chi connectivity index (χ3v) is 0.721. The maximum absolute atomic E-state index is 9.61. The molecule has 0 N–H and O–H groups in total. The number of hydrogen-bond donors (Lipinski definition) is 0. The summed E-state index contributed by atoms with van der Waals surface area (Å²) in [5.41, 5.74) is 0. The first kappa shape index (κ1) is 12.6. The molecule has 6 nitrogen and oxygen atoms in total. The molecule has 0 heterocycles. The summed E-state index contributed by atoms with van der Waals surface area (Å²) in [6, 6.07) is 0. The van der Waals surface area contributed by atoms with Crippen molar-refractivity contribution in [3.8, 4) is 0 Å². The monoisotopic (exact) mass is 180 g/mol. The molecule has 9 heavy (non-hydrogen) atoms. The Bertz CT molecular complexity index is 158. The van der Waals surface area contributed by atoms with E-state index in [0.29, 0.717) is 0 Å². The Kier molecular flexibility index (Phi) is 8.06. The van der Waals surface area contributed by atoms with Crippen molar-refractivity contribution in [2.75, 3.05) is 0 Å². The Labute approximate surface area is 93.8 Å². The van der Waals surface area contributed by atoms with Gasteiger partial charge in [-0.05, 0) is 0 Å². The van der Waals surface area contributed by atoms with E-state index in [1.807, 2.05) is 0 Å². The van der Waals surface area contributed by atoms with E-state index in [1.54, 1.807) is 0 Å². The Morgan fingerprint density at radius 3 is 2.00 bits per heavy atom. The number of carbonyl (C=O) groups excluding carboxylic acids is 1. The fourth-order valence-corrected chi connectivity index (χ4v) is 0.192. The summed E-state index contributed by atoms with van der Waals surface area (Å²) in [7, 11) is -4.59. The molecular formula is CHKO6S. The van der Waals surface area contributed by atoms with Gasteiger partial charge in [0.2, 0.25) is 0 Å². The van der Waals surface area contributed by atoms with E-state index in [0.717, 1.165) is 0 Å². The fraction of sp³-hybridized carbons (Fsp3) is 0. The van der Waals surface area contributed by atoms with Crippen molar-refractivity contribution in [1.29, 1.82) is 0 Å². The Morgan fingerprint density at radius 2 is 1.89 bits per heavy atom. The standard InChI is InChI=1S/CH2O6S.K/c2-1-6-8(4,5)7-3;/h1,3H;/q;+1/p-1. The normalized spacial score (nSPS) is 9.44. The summed E-state index contributed by atoms with van der Waals surface area (Å²) in [6.07, 6.45) is 0. The van der Waals surface area contributed by atoms with Gasteiger partial charge in [0.1, 0.15) is 0 Å². The van der Waals surface area contributed by atoms with E-state index in [2.05, 4.69) is 8.52 Å². The quantitative estimate of drug-likeness (QED) is 0.186. The maximum atomic E-state index is 9.61. The van der Waals surface area contributed by atoms with Crippen LogP contribution in [-0.2, 0) is 23.7 Å². The first-order valence-electron chi connectivity index (χ1n) is 1.30. The van der Waals surface area contributed by atoms with Crippen LogP contribution in [0.5, 0.6) is 0 Å². The zero-order valence-electron chi connectivity index (χ0n) is 4.44. The van der Waals surface area contributed by atoms with Crippen molar-refractivity contribution in [3.63, 3.8) is 0 Å². The molecule has 0 aliphatic carbocycles. The van der Waals surface area contributed by atoms with Crippen LogP contribution in [0.25, 0.3) is 0 Å². The molecule has 0 saturated carbocycles. The molecule has 0 saturated heterocycles. The van der Waals surface area contributed by atoms with Crippen molar-refractivity contribution in [1.82, 2.24) is 0 Å². The molecule has 0 rings (SSSR count). The van der Waals surface area contributed by atoms with E-state index in [1.165, 1.54) is 0 Å². The van der Waals surface area contributed by atoms with Crippen LogP contribution in [0.3, 0.4) is 0 Å². The van der Waals surface area contributed by atoms with Gasteiger partial charge in [-0.3, -0.25) is 4.79 Å². The maximum Gasteiger partial charge on any atom is 1.00 e. The van der Waals surface area contributed by atoms with Crippen LogP contribution in [-0.4, -0.2) is 14.9 Å². The molecular weight excluding hydrogens is 179 g/mol. The van der Waals surface area contributed by atoms with Gasteiger partial charge in [0.25, 0.3) is 0 Å². The van der Waals surface area contributed by atoms with Crippen molar-refractivity contribution in [3.05, 3.63) is 0 Å². The molecule has 0 atom stereocenters. The van der Waals surface area contributed by atoms with Gasteiger partial charge in [-0.2, -0.15) is 8.42 Å². The first-order chi connectivity index (χ1) is 3.62. The van der Waals surface area contributed by atoms with Crippen molar-refractivity contribution >= 4 is 16.9 Å². The molecule has 0 amide bonds. The fourth-order valence-electron chi connectivity index (χ4n) is 0.0642. The smallest absolute Gasteiger partial charge is 0.704 e. The summed E-state index contributed by atoms with van der Waals surface area (Å²) in [4.78, 5) is 9.16. The molecule has 0 aromatic rings. The van der Waals surface area contributed by atoms with E-state index in [4.69, 9.17) is 10.1 Å². The minimum atomic E-state index is -4.59. The summed E-state index contributed by atoms with van der Waals surface area (Å²) in [6.45, 7) is -0.423. The summed E-state index contributed by atoms with van der Waals surface area (Å²) >= 11 is 0. The van der Waals surface area contributed by atoms with Crippen molar-refractivity contribution in [2.45, 2.75) is 0 Å². The number of rotatable bonds is 3. The summed E-state index contributed by atoms with van der Waals surface area (Å²) in [5.74, 6) is 0. The van der Waals surface area contributed by atoms with Crippen molar-refractivity contribution < 1.29 is 78.4 Å². The van der Waals surface area contributed by atoms with Gasteiger partial charge < -0.3 is 13.8 Å². The molecule has 8 heteroatoms. The average Bonchev–Trinajstić information content (AvgIpc) is 1.67. The minimum Gasteiger partial charge on any atom is -0.704 e. The predicted molar refractivity (Wildman–Crippen MR) is 17.2 cm³/mol. The molecule has 0 unspecified atom stereocenters. The second-order valence-corrected chi connectivity index (χ2v) is 1.81. The molecule has 0 aliphatic heterocycles. The SMILES string of the molecule is O=COS(=O)(=O)O[O-].[K+]. The van der Waals surface area contributed by atoms with Gasteiger partial charge in [0.05, 0.1) is 0 Å². The van der Waals surface area contributed by atoms with Crippen LogP contribution in [0, 0.1) is 0 Å². The predicted octanol–water partition coefficient (Wildman–Crippen LogP) is -5.30. The Hall–Kier alpha value is 0.976. The third-order valence-electron chi connectivity index (χ3n) is 0.240. The Morgan fingerprint density at radius 1 is 1.44 bits per heavy atom. The largest absolute Gasteiger partial charge is 1.00 e. The zero-order chi connectivity index (χ0) is 6.62. The van der Waals surface area contributed by atoms with Crippen LogP contribution in [0.15, 0.2) is 0 Å². The zero-order valence-corrected chi connectivity index (χ0v) is 8.37. The molecule has 0 bridgehead atoms. The Balaban J connectivity index is 0. The van der Waals surface area contributed by atoms with E-state index in [9.17, 15) is 8.42 Å². The molecule has 0 aromatic carbocycles. The van der Waals surface area contributed by atoms with Gasteiger partial charge in [-0.25, -0.2) is 0 Å². The van der Waals surface area contributed by atoms with Gasteiger partial charge in [0, 0.05) is 0 Å². The van der Waals surface area contributed by atoms with Crippen LogP contribution in [0.4, 0.5) is 0 Å². The van der Waals surface area contributed by atoms with Crippen LogP contribution < -0.4 is 56.6 Å². The summed E-state index contributed by atoms with van der Waals surface area (Å²) < 4.78 is 24.8. The van der Waals surface area contributed by atoms with Crippen molar-refractivity contribution in [2.24, 2.45) is 0 Å². The van der Waals surface area contributed by atoms with Crippen LogP contribution in [0.2, 0.25) is 0 Å². The third kappa shape index (κ3) is 6.87. The van der Waals surface area contributed by atoms with Crippen LogP contribution in [0.1, 0.15) is 0 Å². The number of hydrogen-bond acceptors (Lipinski definition) is 6. The topological polar surface area (TPSA) is 92.7 Å². The molecule has 48 valence electrons. The molecule has 0 aliphatic rings.